The third kappa shape index (κ3) is 33.4. The molecule has 1 aliphatic rings. The second-order valence-corrected chi connectivity index (χ2v) is 22.0. The number of allylic oxidation sites excluding steroid dienone is 8. The highest BCUT2D eigenvalue weighted by Crippen LogP contribution is 2.60. The molecule has 0 radical (unpaired) electrons. The molecule has 2 heterocycles. The van der Waals surface area contributed by atoms with Crippen LogP contribution >= 0.6 is 15.6 Å². The van der Waals surface area contributed by atoms with E-state index >= 15 is 0 Å². The number of hydrogen-bond donors (Lipinski definition) is 6. The maximum Gasteiger partial charge on any atom is 0.481 e. The van der Waals surface area contributed by atoms with Gasteiger partial charge >= 0.3 is 33.3 Å². The van der Waals surface area contributed by atoms with Gasteiger partial charge in [-0.25, -0.2) is 13.9 Å². The lowest BCUT2D eigenvalue weighted by atomic mass is 10.0. The number of nitrogens with two attached hydrogens (primary N) is 1. The number of aliphatic hydroxyl groups excluding tert-OH is 3. The molecule has 0 amide bonds. The number of phosphoric acid groups is 2. The number of esters is 2. The molecule has 0 bridgehead atoms. The summed E-state index contributed by atoms with van der Waals surface area (Å²) >= 11 is 0. The average Bonchev–Trinajstić information content (AvgIpc) is 3.62. The number of carbonyl (C=O) groups excluding carboxylic acids is 2. The molecule has 7 N–H and O–H groups in total. The molecule has 1 aliphatic heterocycles. The molecule has 2 rings (SSSR count). The van der Waals surface area contributed by atoms with Crippen LogP contribution in [0.4, 0.5) is 5.82 Å². The standard InChI is InChI=1S/C52H89N3O16P2/c1-43(2)34-30-26-22-18-14-10-7-8-12-16-20-24-28-32-36-48(58)69-44(40-66-47(57)35-31-27-23-19-15-11-6-4-3-5-9-13-17-21-25-29-33-39-56)41-67-72(62,63)71-73(64,65)68-42-45-49(59)50(60)51(70-45)55-38-37-46(53)54-52(55)61/h3,5-6,11,13,17,19,23,37-38,43-45,49-51,56,59-60H,4,7-10,12,14-16,18,20-22,24-36,39-42H2,1-2H3,(H,62,63)(H,64,65)(H2,53,54,61)/b5-3-,11-6-,17-13-,23-19-/t44-,45-,49-,50-,51-/m1/s1. The molecule has 418 valence electrons. The third-order valence-electron chi connectivity index (χ3n) is 11.9. The number of aliphatic hydroxyl groups is 3. The number of rotatable bonds is 44. The van der Waals surface area contributed by atoms with Gasteiger partial charge in [0.05, 0.1) is 13.2 Å². The van der Waals surface area contributed by atoms with Gasteiger partial charge in [0.15, 0.2) is 12.3 Å². The maximum absolute atomic E-state index is 12.9. The Kier molecular flexibility index (Phi) is 36.1. The summed E-state index contributed by atoms with van der Waals surface area (Å²) < 4.78 is 56.8. The van der Waals surface area contributed by atoms with Gasteiger partial charge in [0.1, 0.15) is 30.7 Å². The van der Waals surface area contributed by atoms with Crippen LogP contribution in [0.5, 0.6) is 0 Å². The molecule has 1 saturated heterocycles. The van der Waals surface area contributed by atoms with Crippen LogP contribution in [0.3, 0.4) is 0 Å². The summed E-state index contributed by atoms with van der Waals surface area (Å²) in [5.41, 5.74) is 4.59. The van der Waals surface area contributed by atoms with Crippen molar-refractivity contribution in [2.75, 3.05) is 32.2 Å². The lowest BCUT2D eigenvalue weighted by Gasteiger charge is -2.21. The number of nitrogen functional groups attached to an aromatic ring is 1. The van der Waals surface area contributed by atoms with Crippen LogP contribution in [0, 0.1) is 5.92 Å². The average molecular weight is 1070 g/mol. The molecule has 73 heavy (non-hydrogen) atoms. The van der Waals surface area contributed by atoms with E-state index in [0.717, 1.165) is 87.3 Å². The van der Waals surface area contributed by atoms with E-state index in [1.54, 1.807) is 0 Å². The van der Waals surface area contributed by atoms with Crippen molar-refractivity contribution in [3.63, 3.8) is 0 Å². The summed E-state index contributed by atoms with van der Waals surface area (Å²) in [6.07, 6.45) is 35.0. The zero-order valence-corrected chi connectivity index (χ0v) is 45.3. The highest BCUT2D eigenvalue weighted by molar-refractivity contribution is 7.61. The van der Waals surface area contributed by atoms with E-state index < -0.39 is 83.7 Å². The summed E-state index contributed by atoms with van der Waals surface area (Å²) in [7, 11) is -10.9. The Morgan fingerprint density at radius 2 is 1.21 bits per heavy atom. The molecule has 21 heteroatoms. The zero-order chi connectivity index (χ0) is 53.6. The number of unbranched alkanes of at least 4 members (excludes halogenated alkanes) is 17. The first-order chi connectivity index (χ1) is 35.0. The molecule has 1 fully saturated rings. The van der Waals surface area contributed by atoms with E-state index in [1.807, 2.05) is 12.2 Å². The van der Waals surface area contributed by atoms with Crippen LogP contribution in [0.25, 0.3) is 0 Å². The molecule has 0 aliphatic carbocycles. The molecular formula is C52H89N3O16P2. The first-order valence-corrected chi connectivity index (χ1v) is 29.6. The van der Waals surface area contributed by atoms with Crippen molar-refractivity contribution in [1.29, 1.82) is 0 Å². The topological polar surface area (TPSA) is 286 Å². The fourth-order valence-electron chi connectivity index (χ4n) is 7.76. The van der Waals surface area contributed by atoms with Crippen molar-refractivity contribution >= 4 is 33.4 Å². The molecular weight excluding hydrogens is 985 g/mol. The molecule has 0 aromatic carbocycles. The van der Waals surface area contributed by atoms with Crippen molar-refractivity contribution < 1.29 is 71.4 Å². The summed E-state index contributed by atoms with van der Waals surface area (Å²) in [5, 5.41) is 29.8. The molecule has 0 spiro atoms. The van der Waals surface area contributed by atoms with Gasteiger partial charge in [-0.2, -0.15) is 9.29 Å². The van der Waals surface area contributed by atoms with Crippen molar-refractivity contribution in [2.45, 2.75) is 211 Å². The van der Waals surface area contributed by atoms with Crippen LogP contribution in [-0.2, 0) is 46.3 Å². The number of phosphoric ester groups is 2. The predicted molar refractivity (Wildman–Crippen MR) is 281 cm³/mol. The van der Waals surface area contributed by atoms with Gasteiger partial charge in [-0.15, -0.1) is 0 Å². The van der Waals surface area contributed by atoms with Crippen LogP contribution in [0.15, 0.2) is 65.7 Å². The summed E-state index contributed by atoms with van der Waals surface area (Å²) in [4.78, 5) is 62.0. The summed E-state index contributed by atoms with van der Waals surface area (Å²) in [6, 6.07) is 1.24. The Labute approximate surface area is 433 Å². The van der Waals surface area contributed by atoms with Crippen LogP contribution in [0.2, 0.25) is 0 Å². The van der Waals surface area contributed by atoms with E-state index in [-0.39, 0.29) is 25.3 Å². The van der Waals surface area contributed by atoms with Crippen molar-refractivity contribution in [3.05, 3.63) is 71.4 Å². The lowest BCUT2D eigenvalue weighted by molar-refractivity contribution is -0.161. The smallest absolute Gasteiger partial charge is 0.462 e. The van der Waals surface area contributed by atoms with Gasteiger partial charge in [-0.3, -0.25) is 23.2 Å². The van der Waals surface area contributed by atoms with E-state index in [0.29, 0.717) is 19.3 Å². The molecule has 0 saturated carbocycles. The van der Waals surface area contributed by atoms with Crippen LogP contribution in [0.1, 0.15) is 187 Å². The maximum atomic E-state index is 12.9. The Balaban J connectivity index is 1.80. The highest BCUT2D eigenvalue weighted by Gasteiger charge is 2.46. The van der Waals surface area contributed by atoms with Gasteiger partial charge in [-0.05, 0) is 69.8 Å². The number of aromatic nitrogens is 2. The van der Waals surface area contributed by atoms with Crippen LogP contribution < -0.4 is 11.4 Å². The molecule has 19 nitrogen and oxygen atoms in total. The Bertz CT molecular complexity index is 1930. The summed E-state index contributed by atoms with van der Waals surface area (Å²) in [6.45, 7) is 2.44. The molecule has 1 aromatic rings. The molecule has 1 aromatic heterocycles. The Morgan fingerprint density at radius 1 is 0.699 bits per heavy atom. The SMILES string of the molecule is CC(C)CCCCCCCCCCCCCCCCC(=O)O[C@H](COC(=O)CCC/C=C\C/C=C\C/C=C\C/C=C\CCCCCO)COP(=O)(O)OP(=O)(O)OC[C@H]1O[C@@H](n2ccc(N)nc2=O)[C@H](O)[C@@H]1O. The minimum absolute atomic E-state index is 0.0343. The van der Waals surface area contributed by atoms with Gasteiger partial charge in [0.2, 0.25) is 0 Å². The van der Waals surface area contributed by atoms with Gasteiger partial charge < -0.3 is 45.1 Å². The monoisotopic (exact) mass is 1070 g/mol. The van der Waals surface area contributed by atoms with Gasteiger partial charge in [0, 0.05) is 25.6 Å². The zero-order valence-electron chi connectivity index (χ0n) is 43.5. The second kappa shape index (κ2) is 40.0. The lowest BCUT2D eigenvalue weighted by Crippen LogP contribution is -2.36. The van der Waals surface area contributed by atoms with Crippen molar-refractivity contribution in [2.24, 2.45) is 5.92 Å². The number of hydrogen-bond acceptors (Lipinski definition) is 16. The molecule has 2 unspecified atom stereocenters. The fraction of sp³-hybridized carbons (Fsp3) is 0.731. The Hall–Kier alpha value is -3.32. The minimum Gasteiger partial charge on any atom is -0.462 e. The van der Waals surface area contributed by atoms with Crippen LogP contribution in [-0.4, -0.2) is 97.4 Å². The molecule has 7 atom stereocenters. The quantitative estimate of drug-likeness (QED) is 0.0153. The first-order valence-electron chi connectivity index (χ1n) is 26.6. The normalized spacial score (nSPS) is 19.4. The van der Waals surface area contributed by atoms with Crippen molar-refractivity contribution in [1.82, 2.24) is 9.55 Å². The number of ether oxygens (including phenoxy) is 3. The fourth-order valence-corrected chi connectivity index (χ4v) is 9.87. The summed E-state index contributed by atoms with van der Waals surface area (Å²) in [5.74, 6) is -0.588. The third-order valence-corrected chi connectivity index (χ3v) is 14.5. The van der Waals surface area contributed by atoms with E-state index in [2.05, 4.69) is 59.6 Å². The minimum atomic E-state index is -5.44. The number of carbonyl (C=O) groups is 2. The van der Waals surface area contributed by atoms with Crippen molar-refractivity contribution in [3.8, 4) is 0 Å². The van der Waals surface area contributed by atoms with Gasteiger partial charge in [-0.1, -0.05) is 159 Å². The largest absolute Gasteiger partial charge is 0.481 e. The van der Waals surface area contributed by atoms with E-state index in [4.69, 9.17) is 34.1 Å². The predicted octanol–water partition coefficient (Wildman–Crippen LogP) is 10.2. The second-order valence-electron chi connectivity index (χ2n) is 18.9. The first kappa shape index (κ1) is 65.8. The van der Waals surface area contributed by atoms with Gasteiger partial charge in [0.25, 0.3) is 0 Å². The van der Waals surface area contributed by atoms with E-state index in [9.17, 15) is 43.5 Å². The van der Waals surface area contributed by atoms with E-state index in [1.165, 1.54) is 70.3 Å². The Morgan fingerprint density at radius 3 is 1.77 bits per heavy atom. The number of anilines is 1. The number of nitrogens with zero attached hydrogens (tertiary/aromatic N) is 2. The highest BCUT2D eigenvalue weighted by atomic mass is 31.3.